The Hall–Kier alpha value is -4.03. The lowest BCUT2D eigenvalue weighted by molar-refractivity contribution is 0.0658. The molecule has 6 rings (SSSR count). The van der Waals surface area contributed by atoms with Crippen LogP contribution in [0, 0.1) is 0 Å². The van der Waals surface area contributed by atoms with E-state index < -0.39 is 21.8 Å². The molecular formula is C29H26BrN5O5S. The van der Waals surface area contributed by atoms with Crippen LogP contribution in [0.15, 0.2) is 65.1 Å². The summed E-state index contributed by atoms with van der Waals surface area (Å²) in [6, 6.07) is 17.5. The highest BCUT2D eigenvalue weighted by atomic mass is 79.9. The number of carbonyl (C=O) groups excluding carboxylic acids is 3. The first-order valence-corrected chi connectivity index (χ1v) is 15.7. The second-order valence-electron chi connectivity index (χ2n) is 10.2. The highest BCUT2D eigenvalue weighted by molar-refractivity contribution is 9.10. The Morgan fingerprint density at radius 2 is 1.68 bits per heavy atom. The zero-order valence-electron chi connectivity index (χ0n) is 22.3. The number of nitrogens with one attached hydrogen (secondary N) is 1. The maximum atomic E-state index is 13.2. The van der Waals surface area contributed by atoms with E-state index in [2.05, 4.69) is 21.2 Å². The molecule has 0 unspecified atom stereocenters. The topological polar surface area (TPSA) is 122 Å². The molecule has 2 heterocycles. The van der Waals surface area contributed by atoms with E-state index in [0.717, 1.165) is 34.0 Å². The van der Waals surface area contributed by atoms with Gasteiger partial charge in [-0.3, -0.25) is 23.6 Å². The monoisotopic (exact) mass is 635 g/mol. The first kappa shape index (κ1) is 27.2. The normalized spacial score (nSPS) is 15.0. The van der Waals surface area contributed by atoms with Crippen molar-refractivity contribution in [1.82, 2.24) is 20.0 Å². The maximum absolute atomic E-state index is 13.2. The number of rotatable bonds is 8. The Kier molecular flexibility index (Phi) is 6.69. The van der Waals surface area contributed by atoms with Crippen LogP contribution in [0.4, 0.5) is 5.69 Å². The minimum Gasteiger partial charge on any atom is -0.354 e. The Morgan fingerprint density at radius 1 is 1.05 bits per heavy atom. The van der Waals surface area contributed by atoms with Gasteiger partial charge in [0.2, 0.25) is 10.0 Å². The van der Waals surface area contributed by atoms with Crippen molar-refractivity contribution < 1.29 is 22.8 Å². The van der Waals surface area contributed by atoms with E-state index in [4.69, 9.17) is 5.10 Å². The molecule has 0 bridgehead atoms. The average Bonchev–Trinajstić information content (AvgIpc) is 3.69. The van der Waals surface area contributed by atoms with Crippen LogP contribution in [0.1, 0.15) is 55.5 Å². The van der Waals surface area contributed by atoms with Gasteiger partial charge in [0.05, 0.1) is 40.8 Å². The van der Waals surface area contributed by atoms with Gasteiger partial charge in [-0.15, -0.1) is 0 Å². The molecule has 1 aliphatic heterocycles. The van der Waals surface area contributed by atoms with Crippen molar-refractivity contribution in [2.45, 2.75) is 18.8 Å². The van der Waals surface area contributed by atoms with Gasteiger partial charge >= 0.3 is 0 Å². The highest BCUT2D eigenvalue weighted by Gasteiger charge is 2.37. The number of imide groups is 1. The third kappa shape index (κ3) is 4.80. The van der Waals surface area contributed by atoms with E-state index in [1.807, 2.05) is 30.3 Å². The van der Waals surface area contributed by atoms with E-state index in [1.54, 1.807) is 42.1 Å². The third-order valence-electron chi connectivity index (χ3n) is 7.42. The third-order valence-corrected chi connectivity index (χ3v) is 9.13. The van der Waals surface area contributed by atoms with Crippen molar-refractivity contribution in [3.05, 3.63) is 87.5 Å². The van der Waals surface area contributed by atoms with Crippen molar-refractivity contribution in [3.8, 4) is 5.69 Å². The molecule has 3 amide bonds. The molecule has 10 nitrogen and oxygen atoms in total. The van der Waals surface area contributed by atoms with Gasteiger partial charge in [-0.25, -0.2) is 13.1 Å². The molecule has 0 saturated heterocycles. The van der Waals surface area contributed by atoms with Crippen LogP contribution in [0.2, 0.25) is 0 Å². The van der Waals surface area contributed by atoms with E-state index in [0.29, 0.717) is 39.1 Å². The smallest absolute Gasteiger partial charge is 0.270 e. The Morgan fingerprint density at radius 3 is 2.24 bits per heavy atom. The fraction of sp³-hybridized carbons (Fsp3) is 0.241. The lowest BCUT2D eigenvalue weighted by atomic mass is 10.0. The molecule has 1 aliphatic carbocycles. The van der Waals surface area contributed by atoms with Gasteiger partial charge < -0.3 is 5.32 Å². The van der Waals surface area contributed by atoms with Crippen molar-refractivity contribution in [1.29, 1.82) is 0 Å². The van der Waals surface area contributed by atoms with Gasteiger partial charge in [-0.05, 0) is 72.9 Å². The molecule has 0 radical (unpaired) electrons. The molecule has 3 aromatic carbocycles. The molecule has 1 fully saturated rings. The first-order valence-electron chi connectivity index (χ1n) is 13.1. The summed E-state index contributed by atoms with van der Waals surface area (Å²) in [7, 11) is -2.28. The van der Waals surface area contributed by atoms with Crippen LogP contribution < -0.4 is 9.62 Å². The predicted molar refractivity (Wildman–Crippen MR) is 158 cm³/mol. The maximum Gasteiger partial charge on any atom is 0.270 e. The minimum absolute atomic E-state index is 0.113. The molecule has 12 heteroatoms. The van der Waals surface area contributed by atoms with E-state index in [9.17, 15) is 22.8 Å². The van der Waals surface area contributed by atoms with Crippen molar-refractivity contribution in [2.24, 2.45) is 0 Å². The van der Waals surface area contributed by atoms with Crippen molar-refractivity contribution in [2.75, 3.05) is 30.7 Å². The second-order valence-corrected chi connectivity index (χ2v) is 13.0. The quantitative estimate of drug-likeness (QED) is 0.291. The summed E-state index contributed by atoms with van der Waals surface area (Å²) < 4.78 is 30.0. The number of halogens is 1. The minimum atomic E-state index is -3.83. The fourth-order valence-corrected chi connectivity index (χ4v) is 6.47. The van der Waals surface area contributed by atoms with Gasteiger partial charge in [0.1, 0.15) is 5.69 Å². The standard InChI is InChI=1S/C29H26BrN5O5S/c1-31-27(36)26-23-15-22(17-7-8-17)25(16-24(23)32-35(26)19-11-9-18(30)10-12-19)34(41(2,39)40)14-13-33-28(37)20-5-3-4-6-21(20)29(33)38/h3-6,9-12,15-17H,7-8,13-14H2,1-2H3,(H,31,36). The summed E-state index contributed by atoms with van der Waals surface area (Å²) in [6.07, 6.45) is 2.86. The number of sulfonamides is 1. The summed E-state index contributed by atoms with van der Waals surface area (Å²) in [6.45, 7) is -0.233. The lowest BCUT2D eigenvalue weighted by Crippen LogP contribution is -2.41. The SMILES string of the molecule is CNC(=O)c1c2cc(C3CC3)c(N(CCN3C(=O)c4ccccc4C3=O)S(C)(=O)=O)cc2nn1-c1ccc(Br)cc1. The molecule has 1 saturated carbocycles. The van der Waals surface area contributed by atoms with Gasteiger partial charge in [0, 0.05) is 23.5 Å². The number of amides is 3. The zero-order valence-corrected chi connectivity index (χ0v) is 24.7. The fourth-order valence-electron chi connectivity index (χ4n) is 5.28. The van der Waals surface area contributed by atoms with Gasteiger partial charge in [-0.2, -0.15) is 5.10 Å². The Balaban J connectivity index is 1.44. The Bertz CT molecular complexity index is 1810. The number of nitrogens with zero attached hydrogens (tertiary/aromatic N) is 4. The van der Waals surface area contributed by atoms with Gasteiger partial charge in [0.25, 0.3) is 17.7 Å². The van der Waals surface area contributed by atoms with Crippen molar-refractivity contribution in [3.63, 3.8) is 0 Å². The largest absolute Gasteiger partial charge is 0.354 e. The zero-order chi connectivity index (χ0) is 29.1. The highest BCUT2D eigenvalue weighted by Crippen LogP contribution is 2.46. The van der Waals surface area contributed by atoms with Crippen molar-refractivity contribution >= 4 is 60.3 Å². The lowest BCUT2D eigenvalue weighted by Gasteiger charge is -2.27. The number of fused-ring (bicyclic) bond motifs is 2. The van der Waals surface area contributed by atoms with Crippen LogP contribution >= 0.6 is 15.9 Å². The molecule has 1 aromatic heterocycles. The first-order chi connectivity index (χ1) is 19.6. The number of anilines is 1. The molecular weight excluding hydrogens is 610 g/mol. The summed E-state index contributed by atoms with van der Waals surface area (Å²) >= 11 is 3.43. The van der Waals surface area contributed by atoms with Crippen LogP contribution in [-0.4, -0.2) is 67.2 Å². The number of benzene rings is 3. The summed E-state index contributed by atoms with van der Waals surface area (Å²) in [5.74, 6) is -1.09. The van der Waals surface area contributed by atoms with Crippen LogP contribution in [-0.2, 0) is 10.0 Å². The van der Waals surface area contributed by atoms with E-state index in [1.165, 1.54) is 4.31 Å². The molecule has 210 valence electrons. The average molecular weight is 637 g/mol. The summed E-state index contributed by atoms with van der Waals surface area (Å²) in [5.41, 5.74) is 3.29. The molecule has 4 aromatic rings. The summed E-state index contributed by atoms with van der Waals surface area (Å²) in [5, 5.41) is 8.01. The van der Waals surface area contributed by atoms with E-state index in [-0.39, 0.29) is 24.9 Å². The molecule has 0 atom stereocenters. The molecule has 1 N–H and O–H groups in total. The van der Waals surface area contributed by atoms with Crippen LogP contribution in [0.5, 0.6) is 0 Å². The Labute approximate surface area is 245 Å². The number of hydrogen-bond donors (Lipinski definition) is 1. The van der Waals surface area contributed by atoms with Gasteiger partial charge in [0.15, 0.2) is 0 Å². The molecule has 2 aliphatic rings. The van der Waals surface area contributed by atoms with Crippen LogP contribution in [0.3, 0.4) is 0 Å². The predicted octanol–water partition coefficient (Wildman–Crippen LogP) is 4.09. The number of aromatic nitrogens is 2. The summed E-state index contributed by atoms with van der Waals surface area (Å²) in [4.78, 5) is 40.0. The van der Waals surface area contributed by atoms with Crippen LogP contribution in [0.25, 0.3) is 16.6 Å². The molecule has 0 spiro atoms. The number of carbonyl (C=O) groups is 3. The van der Waals surface area contributed by atoms with Gasteiger partial charge in [-0.1, -0.05) is 28.1 Å². The second kappa shape index (κ2) is 10.1. The number of hydrogen-bond acceptors (Lipinski definition) is 6. The molecule has 41 heavy (non-hydrogen) atoms. The van der Waals surface area contributed by atoms with E-state index >= 15 is 0 Å².